The molecule has 0 saturated carbocycles. The molecule has 7 nitrogen and oxygen atoms in total. The molecule has 27 heavy (non-hydrogen) atoms. The summed E-state index contributed by atoms with van der Waals surface area (Å²) < 4.78 is 8.83. The highest BCUT2D eigenvalue weighted by molar-refractivity contribution is 14.2. The van der Waals surface area contributed by atoms with Gasteiger partial charge in [-0.2, -0.15) is 10.2 Å². The number of hydrogen-bond donors (Lipinski definition) is 0. The van der Waals surface area contributed by atoms with Gasteiger partial charge in [0, 0.05) is 30.4 Å². The molecule has 1 aromatic carbocycles. The van der Waals surface area contributed by atoms with E-state index in [9.17, 15) is 4.79 Å². The van der Waals surface area contributed by atoms with Gasteiger partial charge in [0.25, 0.3) is 5.56 Å². The number of rotatable bonds is 4. The van der Waals surface area contributed by atoms with Gasteiger partial charge in [-0.05, 0) is 52.6 Å². The van der Waals surface area contributed by atoms with Gasteiger partial charge in [-0.1, -0.05) is 0 Å². The number of morpholine rings is 1. The second-order valence-electron chi connectivity index (χ2n) is 6.17. The molecule has 0 N–H and O–H groups in total. The number of aryl methyl sites for hydroxylation is 1. The average molecular weight is 515 g/mol. The van der Waals surface area contributed by atoms with E-state index in [1.165, 1.54) is 9.58 Å². The smallest absolute Gasteiger partial charge is 0.290 e. The van der Waals surface area contributed by atoms with Crippen LogP contribution < -0.4 is 10.5 Å². The van der Waals surface area contributed by atoms with Gasteiger partial charge in [0.2, 0.25) is 0 Å². The Labute approximate surface area is 175 Å². The fourth-order valence-electron chi connectivity index (χ4n) is 3.22. The summed E-state index contributed by atoms with van der Waals surface area (Å²) >= 11 is 4.03. The van der Waals surface area contributed by atoms with Gasteiger partial charge in [-0.3, -0.25) is 4.79 Å². The number of fused-ring (bicyclic) bond motifs is 1. The van der Waals surface area contributed by atoms with Crippen LogP contribution in [0.15, 0.2) is 34.0 Å². The maximum absolute atomic E-state index is 12.7. The molecule has 1 aliphatic heterocycles. The molecule has 0 radical (unpaired) electrons. The summed E-state index contributed by atoms with van der Waals surface area (Å²) in [6, 6.07) is 8.24. The second kappa shape index (κ2) is 8.06. The molecular weight excluding hydrogens is 496 g/mol. The first-order chi connectivity index (χ1) is 13.1. The predicted molar refractivity (Wildman–Crippen MR) is 121 cm³/mol. The molecule has 1 atom stereocenters. The van der Waals surface area contributed by atoms with Crippen LogP contribution >= 0.6 is 40.2 Å². The quantitative estimate of drug-likeness (QED) is 0.302. The van der Waals surface area contributed by atoms with Gasteiger partial charge in [0.1, 0.15) is 17.1 Å². The fourth-order valence-corrected chi connectivity index (χ4v) is 5.18. The Hall–Kier alpha value is -1.16. The third-order valence-corrected chi connectivity index (χ3v) is 7.20. The molecule has 1 saturated heterocycles. The highest BCUT2D eigenvalue weighted by Gasteiger charge is 2.20. The summed E-state index contributed by atoms with van der Waals surface area (Å²) in [6.45, 7) is 2.68. The number of aromatic nitrogens is 4. The van der Waals surface area contributed by atoms with Gasteiger partial charge in [0.05, 0.1) is 25.1 Å². The summed E-state index contributed by atoms with van der Waals surface area (Å²) in [7, 11) is 1.70. The number of thioether (sulfide) groups is 1. The molecule has 1 fully saturated rings. The van der Waals surface area contributed by atoms with Crippen LogP contribution in [0.3, 0.4) is 0 Å². The zero-order valence-electron chi connectivity index (χ0n) is 15.0. The van der Waals surface area contributed by atoms with E-state index >= 15 is 0 Å². The van der Waals surface area contributed by atoms with Gasteiger partial charge in [-0.25, -0.2) is 9.13 Å². The van der Waals surface area contributed by atoms with Crippen LogP contribution in [0.2, 0.25) is 0 Å². The maximum Gasteiger partial charge on any atom is 0.290 e. The Morgan fingerprint density at radius 3 is 2.70 bits per heavy atom. The summed E-state index contributed by atoms with van der Waals surface area (Å²) in [4.78, 5) is 15.9. The van der Waals surface area contributed by atoms with Crippen LogP contribution in [0.4, 0.5) is 5.69 Å². The first-order valence-corrected chi connectivity index (χ1v) is 13.8. The molecule has 0 spiro atoms. The molecule has 4 rings (SSSR count). The van der Waals surface area contributed by atoms with E-state index < -0.39 is 0 Å². The standard InChI is InChI=1S/C17H19IN5O2PS/c1-21-17(24)15(22-5-7-25-8-6-22)10-13(19-21)16-12-9-11(27-2)3-4-14(12)23(20-16)26-18/h3-4,9-10,26H,5-8H2,1-2H3. The third kappa shape index (κ3) is 3.62. The second-order valence-corrected chi connectivity index (χ2v) is 9.09. The van der Waals surface area contributed by atoms with Crippen molar-refractivity contribution in [2.24, 2.45) is 7.05 Å². The Bertz CT molecular complexity index is 1050. The number of anilines is 1. The largest absolute Gasteiger partial charge is 0.378 e. The number of nitrogens with zero attached hydrogens (tertiary/aromatic N) is 5. The molecule has 3 aromatic rings. The first-order valence-electron chi connectivity index (χ1n) is 8.47. The van der Waals surface area contributed by atoms with E-state index in [1.807, 2.05) is 10.5 Å². The van der Waals surface area contributed by atoms with Gasteiger partial charge in [-0.15, -0.1) is 11.8 Å². The minimum atomic E-state index is -0.0926. The van der Waals surface area contributed by atoms with Crippen LogP contribution in [-0.4, -0.2) is 51.9 Å². The monoisotopic (exact) mass is 515 g/mol. The van der Waals surface area contributed by atoms with E-state index in [4.69, 9.17) is 9.84 Å². The van der Waals surface area contributed by atoms with Crippen LogP contribution in [0.1, 0.15) is 0 Å². The summed E-state index contributed by atoms with van der Waals surface area (Å²) in [5.41, 5.74) is 3.18. The Kier molecular flexibility index (Phi) is 5.73. The van der Waals surface area contributed by atoms with Crippen molar-refractivity contribution in [3.63, 3.8) is 0 Å². The van der Waals surface area contributed by atoms with Crippen LogP contribution in [0.25, 0.3) is 22.3 Å². The number of benzene rings is 1. The first kappa shape index (κ1) is 19.2. The van der Waals surface area contributed by atoms with E-state index in [2.05, 4.69) is 56.5 Å². The molecule has 2 aromatic heterocycles. The van der Waals surface area contributed by atoms with Crippen molar-refractivity contribution >= 4 is 56.8 Å². The van der Waals surface area contributed by atoms with Crippen molar-refractivity contribution in [3.8, 4) is 11.4 Å². The average Bonchev–Trinajstić information content (AvgIpc) is 3.08. The van der Waals surface area contributed by atoms with Gasteiger partial charge < -0.3 is 9.64 Å². The highest BCUT2D eigenvalue weighted by atomic mass is 127. The Morgan fingerprint density at radius 2 is 2.00 bits per heavy atom. The topological polar surface area (TPSA) is 65.2 Å². The van der Waals surface area contributed by atoms with Crippen molar-refractivity contribution in [1.29, 1.82) is 0 Å². The van der Waals surface area contributed by atoms with Crippen molar-refractivity contribution in [2.75, 3.05) is 37.5 Å². The van der Waals surface area contributed by atoms with E-state index in [1.54, 1.807) is 18.8 Å². The molecule has 10 heteroatoms. The molecule has 0 aliphatic carbocycles. The lowest BCUT2D eigenvalue weighted by atomic mass is 10.1. The van der Waals surface area contributed by atoms with Gasteiger partial charge in [0.15, 0.2) is 0 Å². The summed E-state index contributed by atoms with van der Waals surface area (Å²) in [5, 5.41) is 10.4. The zero-order valence-corrected chi connectivity index (χ0v) is 19.0. The van der Waals surface area contributed by atoms with Crippen molar-refractivity contribution < 1.29 is 4.74 Å². The number of hydrogen-bond acceptors (Lipinski definition) is 6. The molecule has 1 unspecified atom stereocenters. The van der Waals surface area contributed by atoms with E-state index in [-0.39, 0.29) is 5.56 Å². The minimum Gasteiger partial charge on any atom is -0.378 e. The molecular formula is C17H19IN5O2PS. The molecule has 1 aliphatic rings. The van der Waals surface area contributed by atoms with E-state index in [0.29, 0.717) is 38.4 Å². The highest BCUT2D eigenvalue weighted by Crippen LogP contribution is 2.36. The van der Waals surface area contributed by atoms with Gasteiger partial charge >= 0.3 is 0 Å². The zero-order chi connectivity index (χ0) is 19.0. The van der Waals surface area contributed by atoms with Crippen LogP contribution in [0.5, 0.6) is 0 Å². The summed E-state index contributed by atoms with van der Waals surface area (Å²) in [6.07, 6.45) is 2.55. The van der Waals surface area contributed by atoms with Crippen LogP contribution in [-0.2, 0) is 11.8 Å². The number of ether oxygens (including phenoxy) is 1. The summed E-state index contributed by atoms with van der Waals surface area (Å²) in [5.74, 6) is 0. The molecule has 0 amide bonds. The Balaban J connectivity index is 1.90. The normalized spacial score (nSPS) is 15.3. The molecule has 0 bridgehead atoms. The molecule has 142 valence electrons. The minimum absolute atomic E-state index is 0.0926. The lowest BCUT2D eigenvalue weighted by Crippen LogP contribution is -2.40. The predicted octanol–water partition coefficient (Wildman–Crippen LogP) is 3.15. The Morgan fingerprint density at radius 1 is 1.22 bits per heavy atom. The maximum atomic E-state index is 12.7. The number of halogens is 1. The van der Waals surface area contributed by atoms with Crippen molar-refractivity contribution in [3.05, 3.63) is 34.6 Å². The molecule has 3 heterocycles. The SMILES string of the molecule is CSc1ccc2c(c1)c(-c1cc(N3CCOCC3)c(=O)n(C)n1)nn2PI. The van der Waals surface area contributed by atoms with Crippen molar-refractivity contribution in [2.45, 2.75) is 4.90 Å². The fraction of sp³-hybridized carbons (Fsp3) is 0.353. The third-order valence-electron chi connectivity index (χ3n) is 4.61. The van der Waals surface area contributed by atoms with E-state index in [0.717, 1.165) is 22.3 Å². The lowest BCUT2D eigenvalue weighted by Gasteiger charge is -2.28. The van der Waals surface area contributed by atoms with Crippen LogP contribution in [0, 0.1) is 0 Å². The lowest BCUT2D eigenvalue weighted by molar-refractivity contribution is 0.122. The van der Waals surface area contributed by atoms with Crippen molar-refractivity contribution in [1.82, 2.24) is 19.3 Å².